The van der Waals surface area contributed by atoms with E-state index in [0.29, 0.717) is 5.76 Å². The molecule has 0 saturated heterocycles. The van der Waals surface area contributed by atoms with Gasteiger partial charge in [-0.2, -0.15) is 0 Å². The Morgan fingerprint density at radius 1 is 1.21 bits per heavy atom. The van der Waals surface area contributed by atoms with E-state index in [9.17, 15) is 4.79 Å². The first kappa shape index (κ1) is 19.4. The van der Waals surface area contributed by atoms with Crippen molar-refractivity contribution in [1.29, 1.82) is 0 Å². The zero-order valence-corrected chi connectivity index (χ0v) is 17.8. The molecule has 29 heavy (non-hydrogen) atoms. The van der Waals surface area contributed by atoms with Crippen molar-refractivity contribution < 1.29 is 9.21 Å². The van der Waals surface area contributed by atoms with Crippen molar-refractivity contribution in [2.75, 3.05) is 10.6 Å². The van der Waals surface area contributed by atoms with E-state index in [-0.39, 0.29) is 11.9 Å². The summed E-state index contributed by atoms with van der Waals surface area (Å²) in [4.78, 5) is 19.6. The van der Waals surface area contributed by atoms with Gasteiger partial charge in [0.25, 0.3) is 5.91 Å². The molecular formula is C22H21N3O2S2. The van der Waals surface area contributed by atoms with Crippen molar-refractivity contribution in [3.8, 4) is 0 Å². The number of carbonyl (C=O) groups excluding carboxylic acids is 1. The molecule has 2 N–H and O–H groups in total. The Morgan fingerprint density at radius 3 is 2.79 bits per heavy atom. The van der Waals surface area contributed by atoms with Gasteiger partial charge in [0.05, 0.1) is 12.3 Å². The van der Waals surface area contributed by atoms with Crippen molar-refractivity contribution in [2.24, 2.45) is 0 Å². The van der Waals surface area contributed by atoms with E-state index in [1.807, 2.05) is 31.2 Å². The van der Waals surface area contributed by atoms with E-state index in [4.69, 9.17) is 4.42 Å². The molecule has 0 fully saturated rings. The monoisotopic (exact) mass is 423 g/mol. The number of amides is 1. The Kier molecular flexibility index (Phi) is 5.78. The first-order valence-electron chi connectivity index (χ1n) is 9.35. The van der Waals surface area contributed by atoms with E-state index in [1.54, 1.807) is 34.8 Å². The van der Waals surface area contributed by atoms with Crippen LogP contribution in [-0.2, 0) is 6.42 Å². The molecule has 0 aliphatic rings. The summed E-state index contributed by atoms with van der Waals surface area (Å²) in [6, 6.07) is 15.5. The maximum atomic E-state index is 12.6. The lowest BCUT2D eigenvalue weighted by atomic mass is 10.1. The van der Waals surface area contributed by atoms with Crippen molar-refractivity contribution in [2.45, 2.75) is 26.3 Å². The van der Waals surface area contributed by atoms with E-state index in [2.05, 4.69) is 40.1 Å². The number of hydrogen-bond acceptors (Lipinski definition) is 6. The van der Waals surface area contributed by atoms with E-state index in [1.165, 1.54) is 11.1 Å². The van der Waals surface area contributed by atoms with E-state index >= 15 is 0 Å². The zero-order chi connectivity index (χ0) is 20.2. The smallest absolute Gasteiger partial charge is 0.291 e. The number of furan rings is 1. The topological polar surface area (TPSA) is 67.2 Å². The summed E-state index contributed by atoms with van der Waals surface area (Å²) in [5, 5.41) is 9.47. The highest BCUT2D eigenvalue weighted by molar-refractivity contribution is 7.16. The number of aromatic nitrogens is 1. The van der Waals surface area contributed by atoms with Gasteiger partial charge in [-0.25, -0.2) is 4.98 Å². The fourth-order valence-corrected chi connectivity index (χ4v) is 4.87. The van der Waals surface area contributed by atoms with E-state index in [0.717, 1.165) is 33.4 Å². The molecular weight excluding hydrogens is 402 g/mol. The number of hydrogen-bond donors (Lipinski definition) is 2. The number of pyridine rings is 1. The van der Waals surface area contributed by atoms with E-state index < -0.39 is 0 Å². The third kappa shape index (κ3) is 4.41. The van der Waals surface area contributed by atoms with Crippen LogP contribution in [0.15, 0.2) is 64.6 Å². The summed E-state index contributed by atoms with van der Waals surface area (Å²) in [5.74, 6) is 0.846. The first-order valence-corrected chi connectivity index (χ1v) is 11.0. The minimum Gasteiger partial charge on any atom is -0.459 e. The molecule has 148 valence electrons. The molecule has 0 aliphatic carbocycles. The average molecular weight is 424 g/mol. The fraction of sp³-hybridized carbons (Fsp3) is 0.182. The van der Waals surface area contributed by atoms with Crippen LogP contribution in [0.2, 0.25) is 0 Å². The maximum absolute atomic E-state index is 12.6. The normalized spacial score (nSPS) is 11.9. The lowest BCUT2D eigenvalue weighted by molar-refractivity contribution is 0.0997. The molecule has 4 aromatic rings. The van der Waals surface area contributed by atoms with Crippen LogP contribution in [0.4, 0.5) is 10.8 Å². The lowest BCUT2D eigenvalue weighted by Gasteiger charge is -2.19. The number of carbonyl (C=O) groups is 1. The Morgan fingerprint density at radius 2 is 2.10 bits per heavy atom. The second-order valence-electron chi connectivity index (χ2n) is 6.54. The molecule has 1 amide bonds. The number of nitrogens with zero attached hydrogens (tertiary/aromatic N) is 1. The van der Waals surface area contributed by atoms with Crippen molar-refractivity contribution >= 4 is 39.4 Å². The minimum atomic E-state index is -0.251. The van der Waals surface area contributed by atoms with Crippen molar-refractivity contribution in [1.82, 2.24) is 4.98 Å². The summed E-state index contributed by atoms with van der Waals surface area (Å²) in [6.07, 6.45) is 2.40. The van der Waals surface area contributed by atoms with Gasteiger partial charge in [0.2, 0.25) is 0 Å². The van der Waals surface area contributed by atoms with Gasteiger partial charge in [-0.1, -0.05) is 19.1 Å². The number of thiophene rings is 2. The second-order valence-corrected chi connectivity index (χ2v) is 8.66. The van der Waals surface area contributed by atoms with Crippen molar-refractivity contribution in [3.05, 3.63) is 86.9 Å². The standard InChI is InChI=1S/C22H21N3O2S2/c1-3-15-13-16(22(29-15)25-21(26)17-8-5-11-27-17)20(18-9-6-12-28-18)24-19-10-4-7-14(2)23-19/h4-13,20H,3H2,1-2H3,(H,23,24)(H,25,26)/t20-/m1/s1. The molecule has 4 rings (SSSR count). The number of anilines is 2. The largest absolute Gasteiger partial charge is 0.459 e. The number of rotatable bonds is 7. The summed E-state index contributed by atoms with van der Waals surface area (Å²) >= 11 is 3.27. The Hall–Kier alpha value is -2.90. The minimum absolute atomic E-state index is 0.118. The summed E-state index contributed by atoms with van der Waals surface area (Å²) in [7, 11) is 0. The summed E-state index contributed by atoms with van der Waals surface area (Å²) < 4.78 is 5.25. The Bertz CT molecular complexity index is 1090. The molecule has 4 heterocycles. The molecule has 0 radical (unpaired) electrons. The zero-order valence-electron chi connectivity index (χ0n) is 16.1. The van der Waals surface area contributed by atoms with Gasteiger partial charge in [0.15, 0.2) is 5.76 Å². The van der Waals surface area contributed by atoms with Crippen LogP contribution in [-0.4, -0.2) is 10.9 Å². The SMILES string of the molecule is CCc1cc([C@@H](Nc2cccc(C)n2)c2cccs2)c(NC(=O)c2ccco2)s1. The van der Waals surface area contributed by atoms with Gasteiger partial charge in [0, 0.05) is 21.0 Å². The highest BCUT2D eigenvalue weighted by Gasteiger charge is 2.24. The third-order valence-electron chi connectivity index (χ3n) is 4.45. The fourth-order valence-electron chi connectivity index (χ4n) is 3.05. The predicted molar refractivity (Wildman–Crippen MR) is 119 cm³/mol. The molecule has 0 spiro atoms. The molecule has 0 saturated carbocycles. The molecule has 0 aromatic carbocycles. The van der Waals surface area contributed by atoms with Crippen LogP contribution < -0.4 is 10.6 Å². The molecule has 4 aromatic heterocycles. The highest BCUT2D eigenvalue weighted by Crippen LogP contribution is 2.39. The average Bonchev–Trinajstić information content (AvgIpc) is 3.47. The van der Waals surface area contributed by atoms with Gasteiger partial charge in [-0.15, -0.1) is 22.7 Å². The number of aryl methyl sites for hydroxylation is 2. The van der Waals surface area contributed by atoms with Crippen LogP contribution in [0, 0.1) is 6.92 Å². The Balaban J connectivity index is 1.71. The molecule has 1 atom stereocenters. The van der Waals surface area contributed by atoms with Gasteiger partial charge in [-0.05, 0) is 55.1 Å². The van der Waals surface area contributed by atoms with Crippen LogP contribution in [0.3, 0.4) is 0 Å². The maximum Gasteiger partial charge on any atom is 0.291 e. The quantitative estimate of drug-likeness (QED) is 0.376. The van der Waals surface area contributed by atoms with Gasteiger partial charge < -0.3 is 15.1 Å². The van der Waals surface area contributed by atoms with Crippen molar-refractivity contribution in [3.63, 3.8) is 0 Å². The predicted octanol–water partition coefficient (Wildman–Crippen LogP) is 6.12. The molecule has 7 heteroatoms. The summed E-state index contributed by atoms with van der Waals surface area (Å²) in [6.45, 7) is 4.09. The van der Waals surface area contributed by atoms with Gasteiger partial charge in [0.1, 0.15) is 10.8 Å². The van der Waals surface area contributed by atoms with Gasteiger partial charge in [-0.3, -0.25) is 4.79 Å². The first-order chi connectivity index (χ1) is 14.1. The Labute approximate surface area is 177 Å². The third-order valence-corrected chi connectivity index (χ3v) is 6.60. The summed E-state index contributed by atoms with van der Waals surface area (Å²) in [5.41, 5.74) is 1.98. The molecule has 0 aliphatic heterocycles. The second kappa shape index (κ2) is 8.63. The molecule has 0 unspecified atom stereocenters. The van der Waals surface area contributed by atoms with Crippen LogP contribution in [0.25, 0.3) is 0 Å². The van der Waals surface area contributed by atoms with Crippen LogP contribution in [0.1, 0.15) is 44.5 Å². The lowest BCUT2D eigenvalue weighted by Crippen LogP contribution is -2.16. The molecule has 5 nitrogen and oxygen atoms in total. The van der Waals surface area contributed by atoms with Crippen LogP contribution >= 0.6 is 22.7 Å². The van der Waals surface area contributed by atoms with Crippen LogP contribution in [0.5, 0.6) is 0 Å². The van der Waals surface area contributed by atoms with Gasteiger partial charge >= 0.3 is 0 Å². The number of nitrogens with one attached hydrogen (secondary N) is 2. The molecule has 0 bridgehead atoms. The highest BCUT2D eigenvalue weighted by atomic mass is 32.1.